The fraction of sp³-hybridized carbons (Fsp3) is 0.875. The van der Waals surface area contributed by atoms with Crippen LogP contribution < -0.4 is 5.73 Å². The first kappa shape index (κ1) is 17.1. The molecule has 2 fully saturated rings. The van der Waals surface area contributed by atoms with E-state index in [1.54, 1.807) is 0 Å². The number of piperidine rings is 1. The molecule has 126 valence electrons. The number of carbonyl (C=O) groups excluding carboxylic acids is 2. The zero-order valence-electron chi connectivity index (χ0n) is 13.8. The fourth-order valence-electron chi connectivity index (χ4n) is 3.00. The molecule has 0 aromatic carbocycles. The number of rotatable bonds is 2. The third-order valence-electron chi connectivity index (χ3n) is 4.13. The van der Waals surface area contributed by atoms with E-state index in [0.29, 0.717) is 19.4 Å². The number of nitrogens with two attached hydrogens (primary N) is 1. The van der Waals surface area contributed by atoms with Crippen molar-refractivity contribution in [3.05, 3.63) is 0 Å². The van der Waals surface area contributed by atoms with Crippen LogP contribution in [0, 0.1) is 0 Å². The molecule has 2 aliphatic rings. The van der Waals surface area contributed by atoms with E-state index in [9.17, 15) is 9.59 Å². The molecular weight excluding hydrogens is 284 g/mol. The van der Waals surface area contributed by atoms with E-state index in [2.05, 4.69) is 0 Å². The second kappa shape index (κ2) is 6.86. The molecule has 1 amide bonds. The van der Waals surface area contributed by atoms with Crippen LogP contribution in [0.3, 0.4) is 0 Å². The molecule has 6 heteroatoms. The molecule has 0 aromatic rings. The smallest absolute Gasteiger partial charge is 0.411 e. The molecule has 0 spiro atoms. The third-order valence-corrected chi connectivity index (χ3v) is 4.13. The lowest BCUT2D eigenvalue weighted by atomic mass is 9.98. The van der Waals surface area contributed by atoms with E-state index in [1.807, 2.05) is 20.8 Å². The van der Waals surface area contributed by atoms with Crippen molar-refractivity contribution in [1.29, 1.82) is 0 Å². The number of hydrogen-bond donors (Lipinski definition) is 1. The zero-order chi connectivity index (χ0) is 16.3. The average Bonchev–Trinajstić information content (AvgIpc) is 2.89. The van der Waals surface area contributed by atoms with Gasteiger partial charge in [-0.3, -0.25) is 4.90 Å². The van der Waals surface area contributed by atoms with Gasteiger partial charge in [0.2, 0.25) is 0 Å². The summed E-state index contributed by atoms with van der Waals surface area (Å²) in [5.41, 5.74) is 5.39. The highest BCUT2D eigenvalue weighted by Crippen LogP contribution is 2.25. The molecule has 2 N–H and O–H groups in total. The molecule has 0 bridgehead atoms. The van der Waals surface area contributed by atoms with Gasteiger partial charge in [0.1, 0.15) is 17.7 Å². The van der Waals surface area contributed by atoms with E-state index in [4.69, 9.17) is 15.2 Å². The zero-order valence-corrected chi connectivity index (χ0v) is 13.8. The summed E-state index contributed by atoms with van der Waals surface area (Å²) in [6.07, 6.45) is 4.65. The van der Waals surface area contributed by atoms with Gasteiger partial charge < -0.3 is 15.2 Å². The van der Waals surface area contributed by atoms with Crippen LogP contribution in [0.5, 0.6) is 0 Å². The minimum absolute atomic E-state index is 0.00821. The van der Waals surface area contributed by atoms with Crippen LogP contribution in [-0.4, -0.2) is 47.3 Å². The van der Waals surface area contributed by atoms with Crippen LogP contribution in [0.15, 0.2) is 0 Å². The predicted octanol–water partition coefficient (Wildman–Crippen LogP) is 2.20. The summed E-state index contributed by atoms with van der Waals surface area (Å²) in [5.74, 6) is -0.340. The number of amides is 1. The molecule has 6 nitrogen and oxygen atoms in total. The summed E-state index contributed by atoms with van der Waals surface area (Å²) in [5, 5.41) is 0. The van der Waals surface area contributed by atoms with E-state index in [0.717, 1.165) is 25.7 Å². The molecule has 22 heavy (non-hydrogen) atoms. The molecular formula is C16H28N2O4. The number of carbonyl (C=O) groups is 2. The Balaban J connectivity index is 2.02. The lowest BCUT2D eigenvalue weighted by Gasteiger charge is -2.37. The summed E-state index contributed by atoms with van der Waals surface area (Å²) in [6, 6.07) is -0.709. The fourth-order valence-corrected chi connectivity index (χ4v) is 3.00. The number of likely N-dealkylation sites (tertiary alicyclic amines) is 1. The highest BCUT2D eigenvalue weighted by atomic mass is 16.6. The van der Waals surface area contributed by atoms with Crippen LogP contribution in [0.2, 0.25) is 0 Å². The summed E-state index contributed by atoms with van der Waals surface area (Å²) >= 11 is 0. The molecule has 0 aromatic heterocycles. The standard InChI is InChI=1S/C16H28N2O4/c1-16(2,3)22-15(20)18-9-8-11(17)10-13(18)14(19)21-12-6-4-5-7-12/h11-13H,4-10,17H2,1-3H3/t11?,13-/m1/s1. The van der Waals surface area contributed by atoms with Gasteiger partial charge >= 0.3 is 12.1 Å². The molecule has 1 heterocycles. The highest BCUT2D eigenvalue weighted by molar-refractivity contribution is 5.82. The van der Waals surface area contributed by atoms with E-state index in [-0.39, 0.29) is 18.1 Å². The van der Waals surface area contributed by atoms with Gasteiger partial charge in [0, 0.05) is 12.6 Å². The summed E-state index contributed by atoms with van der Waals surface area (Å²) in [6.45, 7) is 5.87. The lowest BCUT2D eigenvalue weighted by Crippen LogP contribution is -2.55. The van der Waals surface area contributed by atoms with E-state index in [1.165, 1.54) is 4.90 Å². The molecule has 1 unspecified atom stereocenters. The number of ether oxygens (including phenoxy) is 2. The van der Waals surface area contributed by atoms with Crippen molar-refractivity contribution in [3.8, 4) is 0 Å². The minimum atomic E-state index is -0.626. The Labute approximate surface area is 132 Å². The predicted molar refractivity (Wildman–Crippen MR) is 82.3 cm³/mol. The molecule has 2 atom stereocenters. The van der Waals surface area contributed by atoms with Gasteiger partial charge in [-0.15, -0.1) is 0 Å². The van der Waals surface area contributed by atoms with Crippen LogP contribution >= 0.6 is 0 Å². The van der Waals surface area contributed by atoms with Crippen LogP contribution in [0.4, 0.5) is 4.79 Å². The maximum atomic E-state index is 12.5. The molecule has 1 saturated heterocycles. The van der Waals surface area contributed by atoms with Crippen LogP contribution in [0.1, 0.15) is 59.3 Å². The van der Waals surface area contributed by atoms with Crippen molar-refractivity contribution in [1.82, 2.24) is 4.90 Å². The van der Waals surface area contributed by atoms with Crippen LogP contribution in [0.25, 0.3) is 0 Å². The largest absolute Gasteiger partial charge is 0.461 e. The number of esters is 1. The Kier molecular flexibility index (Phi) is 5.32. The number of nitrogens with zero attached hydrogens (tertiary/aromatic N) is 1. The van der Waals surface area contributed by atoms with E-state index < -0.39 is 17.7 Å². The average molecular weight is 312 g/mol. The quantitative estimate of drug-likeness (QED) is 0.790. The minimum Gasteiger partial charge on any atom is -0.461 e. The third kappa shape index (κ3) is 4.60. The Hall–Kier alpha value is -1.30. The Morgan fingerprint density at radius 3 is 2.36 bits per heavy atom. The second-order valence-electron chi connectivity index (χ2n) is 7.32. The van der Waals surface area contributed by atoms with Crippen molar-refractivity contribution in [3.63, 3.8) is 0 Å². The van der Waals surface area contributed by atoms with Gasteiger partial charge in [-0.2, -0.15) is 0 Å². The van der Waals surface area contributed by atoms with Gasteiger partial charge in [-0.1, -0.05) is 0 Å². The van der Waals surface area contributed by atoms with Crippen molar-refractivity contribution in [2.45, 2.75) is 83.1 Å². The Morgan fingerprint density at radius 1 is 1.14 bits per heavy atom. The Morgan fingerprint density at radius 2 is 1.77 bits per heavy atom. The highest BCUT2D eigenvalue weighted by Gasteiger charge is 2.39. The first-order valence-corrected chi connectivity index (χ1v) is 8.22. The maximum Gasteiger partial charge on any atom is 0.411 e. The van der Waals surface area contributed by atoms with E-state index >= 15 is 0 Å². The van der Waals surface area contributed by atoms with Crippen molar-refractivity contribution in [2.75, 3.05) is 6.54 Å². The monoisotopic (exact) mass is 312 g/mol. The van der Waals surface area contributed by atoms with Crippen LogP contribution in [-0.2, 0) is 14.3 Å². The number of hydrogen-bond acceptors (Lipinski definition) is 5. The van der Waals surface area contributed by atoms with Gasteiger partial charge in [0.05, 0.1) is 0 Å². The van der Waals surface area contributed by atoms with Crippen molar-refractivity contribution < 1.29 is 19.1 Å². The summed E-state index contributed by atoms with van der Waals surface area (Å²) < 4.78 is 11.0. The topological polar surface area (TPSA) is 81.9 Å². The maximum absolute atomic E-state index is 12.5. The van der Waals surface area contributed by atoms with Gasteiger partial charge in [-0.25, -0.2) is 9.59 Å². The first-order valence-electron chi connectivity index (χ1n) is 8.22. The molecule has 1 aliphatic carbocycles. The lowest BCUT2D eigenvalue weighted by molar-refractivity contribution is -0.156. The van der Waals surface area contributed by atoms with Gasteiger partial charge in [-0.05, 0) is 59.3 Å². The Bertz CT molecular complexity index is 413. The molecule has 1 saturated carbocycles. The van der Waals surface area contributed by atoms with Crippen molar-refractivity contribution >= 4 is 12.1 Å². The first-order chi connectivity index (χ1) is 10.3. The van der Waals surface area contributed by atoms with Gasteiger partial charge in [0.25, 0.3) is 0 Å². The SMILES string of the molecule is CC(C)(C)OC(=O)N1CCC(N)C[C@@H]1C(=O)OC1CCCC1. The van der Waals surface area contributed by atoms with Crippen molar-refractivity contribution in [2.24, 2.45) is 5.73 Å². The molecule has 0 radical (unpaired) electrons. The molecule has 1 aliphatic heterocycles. The summed E-state index contributed by atoms with van der Waals surface area (Å²) in [7, 11) is 0. The summed E-state index contributed by atoms with van der Waals surface area (Å²) in [4.78, 5) is 26.3. The molecule has 2 rings (SSSR count). The second-order valence-corrected chi connectivity index (χ2v) is 7.32. The normalized spacial score (nSPS) is 26.8. The van der Waals surface area contributed by atoms with Gasteiger partial charge in [0.15, 0.2) is 0 Å².